The summed E-state index contributed by atoms with van der Waals surface area (Å²) < 4.78 is 5.38. The van der Waals surface area contributed by atoms with Crippen LogP contribution in [0, 0.1) is 6.92 Å². The normalized spacial score (nSPS) is 16.0. The van der Waals surface area contributed by atoms with Gasteiger partial charge in [0.2, 0.25) is 5.91 Å². The number of para-hydroxylation sites is 1. The highest BCUT2D eigenvalue weighted by molar-refractivity contribution is 5.86. The van der Waals surface area contributed by atoms with Crippen molar-refractivity contribution in [3.05, 3.63) is 71.4 Å². The third-order valence-corrected chi connectivity index (χ3v) is 5.68. The molecular weight excluding hydrogens is 362 g/mol. The highest BCUT2D eigenvalue weighted by Gasteiger charge is 2.21. The number of benzene rings is 2. The average Bonchev–Trinajstić information content (AvgIpc) is 3.17. The zero-order valence-corrected chi connectivity index (χ0v) is 17.0. The molecule has 5 heteroatoms. The number of carbonyl (C=O) groups is 1. The first-order valence-electron chi connectivity index (χ1n) is 10.4. The molecule has 0 aliphatic carbocycles. The van der Waals surface area contributed by atoms with Crippen LogP contribution >= 0.6 is 0 Å². The lowest BCUT2D eigenvalue weighted by Crippen LogP contribution is -2.41. The number of hydrogen-bond acceptors (Lipinski definition) is 3. The number of nitrogens with zero attached hydrogens (tertiary/aromatic N) is 1. The average molecular weight is 392 g/mol. The van der Waals surface area contributed by atoms with Gasteiger partial charge in [-0.2, -0.15) is 0 Å². The first-order valence-corrected chi connectivity index (χ1v) is 10.4. The second kappa shape index (κ2) is 9.25. The van der Waals surface area contributed by atoms with Crippen molar-refractivity contribution in [3.63, 3.8) is 0 Å². The second-order valence-corrected chi connectivity index (χ2v) is 7.76. The number of hydrogen-bond donors (Lipinski definition) is 2. The minimum absolute atomic E-state index is 0.0226. The van der Waals surface area contributed by atoms with Gasteiger partial charge >= 0.3 is 0 Å². The van der Waals surface area contributed by atoms with Crippen LogP contribution in [0.4, 0.5) is 0 Å². The first-order chi connectivity index (χ1) is 14.2. The van der Waals surface area contributed by atoms with Crippen molar-refractivity contribution < 1.29 is 9.53 Å². The number of aromatic nitrogens is 1. The zero-order chi connectivity index (χ0) is 20.1. The zero-order valence-electron chi connectivity index (χ0n) is 17.0. The predicted molar refractivity (Wildman–Crippen MR) is 116 cm³/mol. The quantitative estimate of drug-likeness (QED) is 0.649. The first kappa shape index (κ1) is 19.7. The van der Waals surface area contributed by atoms with Crippen LogP contribution in [0.15, 0.2) is 54.7 Å². The molecule has 2 N–H and O–H groups in total. The van der Waals surface area contributed by atoms with E-state index < -0.39 is 0 Å². The number of aromatic amines is 1. The lowest BCUT2D eigenvalue weighted by molar-refractivity contribution is -0.121. The largest absolute Gasteiger partial charge is 0.379 e. The van der Waals surface area contributed by atoms with Gasteiger partial charge < -0.3 is 15.0 Å². The Labute approximate surface area is 172 Å². The Kier molecular flexibility index (Phi) is 6.27. The Morgan fingerprint density at radius 2 is 2.00 bits per heavy atom. The number of carbonyl (C=O) groups excluding carboxylic acids is 1. The number of aryl methyl sites for hydroxylation is 1. The molecule has 1 aliphatic rings. The molecule has 5 nitrogen and oxygen atoms in total. The summed E-state index contributed by atoms with van der Waals surface area (Å²) >= 11 is 0. The lowest BCUT2D eigenvalue weighted by atomic mass is 9.87. The minimum atomic E-state index is 0.0226. The van der Waals surface area contributed by atoms with Crippen molar-refractivity contribution in [3.8, 4) is 0 Å². The van der Waals surface area contributed by atoms with E-state index in [-0.39, 0.29) is 11.8 Å². The number of morpholine rings is 1. The molecule has 2 heterocycles. The summed E-state index contributed by atoms with van der Waals surface area (Å²) in [7, 11) is 0. The second-order valence-electron chi connectivity index (χ2n) is 7.76. The summed E-state index contributed by atoms with van der Waals surface area (Å²) in [6, 6.07) is 16.8. The van der Waals surface area contributed by atoms with Crippen LogP contribution < -0.4 is 5.32 Å². The number of H-pyrrole nitrogens is 1. The van der Waals surface area contributed by atoms with Gasteiger partial charge in [-0.15, -0.1) is 0 Å². The van der Waals surface area contributed by atoms with Crippen LogP contribution in [-0.4, -0.2) is 55.2 Å². The minimum Gasteiger partial charge on any atom is -0.379 e. The molecule has 1 unspecified atom stereocenters. The number of amides is 1. The van der Waals surface area contributed by atoms with Gasteiger partial charge in [-0.1, -0.05) is 48.0 Å². The Morgan fingerprint density at radius 1 is 1.17 bits per heavy atom. The van der Waals surface area contributed by atoms with E-state index in [0.29, 0.717) is 13.0 Å². The summed E-state index contributed by atoms with van der Waals surface area (Å²) in [5.41, 5.74) is 4.67. The van der Waals surface area contributed by atoms with Crippen LogP contribution in [0.1, 0.15) is 29.0 Å². The van der Waals surface area contributed by atoms with Crippen LogP contribution in [0.2, 0.25) is 0 Å². The molecule has 29 heavy (non-hydrogen) atoms. The van der Waals surface area contributed by atoms with Gasteiger partial charge in [0.25, 0.3) is 0 Å². The van der Waals surface area contributed by atoms with Crippen LogP contribution in [0.3, 0.4) is 0 Å². The summed E-state index contributed by atoms with van der Waals surface area (Å²) in [6.07, 6.45) is 2.49. The van der Waals surface area contributed by atoms with Gasteiger partial charge in [0.05, 0.1) is 13.2 Å². The van der Waals surface area contributed by atoms with E-state index in [2.05, 4.69) is 70.8 Å². The van der Waals surface area contributed by atoms with Crippen molar-refractivity contribution in [2.45, 2.75) is 19.3 Å². The van der Waals surface area contributed by atoms with E-state index in [0.717, 1.165) is 38.4 Å². The molecule has 1 saturated heterocycles. The monoisotopic (exact) mass is 391 g/mol. The lowest BCUT2D eigenvalue weighted by Gasteiger charge is -2.26. The van der Waals surface area contributed by atoms with E-state index in [1.165, 1.54) is 22.1 Å². The SMILES string of the molecule is Cc1cccc(C(CC(=O)NCCN2CCOCC2)c2c[nH]c3ccccc23)c1. The van der Waals surface area contributed by atoms with Crippen molar-refractivity contribution in [2.75, 3.05) is 39.4 Å². The third-order valence-electron chi connectivity index (χ3n) is 5.68. The maximum absolute atomic E-state index is 12.8. The molecule has 2 aromatic carbocycles. The Bertz CT molecular complexity index is 959. The molecule has 0 spiro atoms. The molecule has 0 saturated carbocycles. The van der Waals surface area contributed by atoms with Gasteiger partial charge in [-0.05, 0) is 24.1 Å². The fourth-order valence-electron chi connectivity index (χ4n) is 4.11. The molecule has 1 atom stereocenters. The summed E-state index contributed by atoms with van der Waals surface area (Å²) in [4.78, 5) is 18.5. The van der Waals surface area contributed by atoms with Crippen molar-refractivity contribution in [1.82, 2.24) is 15.2 Å². The standard InChI is InChI=1S/C24H29N3O2/c1-18-5-4-6-19(15-18)21(22-17-26-23-8-3-2-7-20(22)23)16-24(28)25-9-10-27-11-13-29-14-12-27/h2-8,15,17,21,26H,9-14,16H2,1H3,(H,25,28). The van der Waals surface area contributed by atoms with Gasteiger partial charge in [0.15, 0.2) is 0 Å². The molecule has 1 aromatic heterocycles. The molecule has 0 bridgehead atoms. The summed E-state index contributed by atoms with van der Waals surface area (Å²) in [5, 5.41) is 4.30. The molecular formula is C24H29N3O2. The number of ether oxygens (including phenoxy) is 1. The van der Waals surface area contributed by atoms with E-state index >= 15 is 0 Å². The molecule has 0 radical (unpaired) electrons. The van der Waals surface area contributed by atoms with Gasteiger partial charge in [0.1, 0.15) is 0 Å². The predicted octanol–water partition coefficient (Wildman–Crippen LogP) is 3.45. The maximum Gasteiger partial charge on any atom is 0.220 e. The van der Waals surface area contributed by atoms with Crippen LogP contribution in [0.5, 0.6) is 0 Å². The van der Waals surface area contributed by atoms with Crippen molar-refractivity contribution >= 4 is 16.8 Å². The van der Waals surface area contributed by atoms with Gasteiger partial charge in [-0.3, -0.25) is 9.69 Å². The van der Waals surface area contributed by atoms with Crippen molar-refractivity contribution in [1.29, 1.82) is 0 Å². The topological polar surface area (TPSA) is 57.4 Å². The molecule has 152 valence electrons. The highest BCUT2D eigenvalue weighted by Crippen LogP contribution is 2.33. The van der Waals surface area contributed by atoms with E-state index in [4.69, 9.17) is 4.74 Å². The fourth-order valence-corrected chi connectivity index (χ4v) is 4.11. The highest BCUT2D eigenvalue weighted by atomic mass is 16.5. The van der Waals surface area contributed by atoms with Gasteiger partial charge in [0, 0.05) is 55.6 Å². The molecule has 1 aliphatic heterocycles. The molecule has 3 aromatic rings. The summed E-state index contributed by atoms with van der Waals surface area (Å²) in [5.74, 6) is 0.115. The Hall–Kier alpha value is -2.63. The summed E-state index contributed by atoms with van der Waals surface area (Å²) in [6.45, 7) is 7.09. The third kappa shape index (κ3) is 4.86. The smallest absolute Gasteiger partial charge is 0.220 e. The molecule has 1 fully saturated rings. The molecule has 4 rings (SSSR count). The van der Waals surface area contributed by atoms with Crippen LogP contribution in [0.25, 0.3) is 10.9 Å². The number of rotatable bonds is 7. The number of nitrogens with one attached hydrogen (secondary N) is 2. The fraction of sp³-hybridized carbons (Fsp3) is 0.375. The van der Waals surface area contributed by atoms with E-state index in [1.807, 2.05) is 6.07 Å². The maximum atomic E-state index is 12.8. The molecule has 1 amide bonds. The Morgan fingerprint density at radius 3 is 2.83 bits per heavy atom. The number of fused-ring (bicyclic) bond motifs is 1. The van der Waals surface area contributed by atoms with Gasteiger partial charge in [-0.25, -0.2) is 0 Å². The van der Waals surface area contributed by atoms with Crippen LogP contribution in [-0.2, 0) is 9.53 Å². The van der Waals surface area contributed by atoms with E-state index in [1.54, 1.807) is 0 Å². The Balaban J connectivity index is 1.49. The van der Waals surface area contributed by atoms with E-state index in [9.17, 15) is 4.79 Å². The van der Waals surface area contributed by atoms with Crippen molar-refractivity contribution in [2.24, 2.45) is 0 Å².